The van der Waals surface area contributed by atoms with Gasteiger partial charge in [-0.3, -0.25) is 0 Å². The average Bonchev–Trinajstić information content (AvgIpc) is 2.81. The van der Waals surface area contributed by atoms with Gasteiger partial charge in [0.1, 0.15) is 5.82 Å². The van der Waals surface area contributed by atoms with Crippen molar-refractivity contribution in [2.45, 2.75) is 39.0 Å². The minimum absolute atomic E-state index is 0.0473. The summed E-state index contributed by atoms with van der Waals surface area (Å²) in [5.41, 5.74) is 0.588. The zero-order chi connectivity index (χ0) is 15.6. The van der Waals surface area contributed by atoms with E-state index < -0.39 is 16.0 Å². The van der Waals surface area contributed by atoms with Crippen LogP contribution >= 0.6 is 0 Å². The third-order valence-electron chi connectivity index (χ3n) is 3.80. The number of aromatic amines is 1. The Labute approximate surface area is 124 Å². The van der Waals surface area contributed by atoms with Gasteiger partial charge in [-0.05, 0) is 26.2 Å². The maximum atomic E-state index is 12.0. The highest BCUT2D eigenvalue weighted by molar-refractivity contribution is 7.89. The Morgan fingerprint density at radius 3 is 2.52 bits per heavy atom. The summed E-state index contributed by atoms with van der Waals surface area (Å²) in [7, 11) is -3.15. The van der Waals surface area contributed by atoms with E-state index in [1.54, 1.807) is 6.92 Å². The smallest absolute Gasteiger partial charge is 0.356 e. The molecule has 1 aliphatic heterocycles. The molecule has 0 radical (unpaired) electrons. The second-order valence-electron chi connectivity index (χ2n) is 5.39. The summed E-state index contributed by atoms with van der Waals surface area (Å²) in [6, 6.07) is 0. The molecule has 0 spiro atoms. The average molecular weight is 315 g/mol. The van der Waals surface area contributed by atoms with Gasteiger partial charge >= 0.3 is 5.97 Å². The number of nitrogens with zero attached hydrogens (tertiary/aromatic N) is 2. The van der Waals surface area contributed by atoms with Crippen molar-refractivity contribution in [3.8, 4) is 0 Å². The van der Waals surface area contributed by atoms with Crippen LogP contribution in [0.15, 0.2) is 0 Å². The number of aromatic carboxylic acids is 1. The lowest BCUT2D eigenvalue weighted by Gasteiger charge is -2.30. The van der Waals surface area contributed by atoms with Gasteiger partial charge < -0.3 is 10.1 Å². The summed E-state index contributed by atoms with van der Waals surface area (Å²) >= 11 is 0. The van der Waals surface area contributed by atoms with E-state index >= 15 is 0 Å². The first-order valence-corrected chi connectivity index (χ1v) is 8.73. The largest absolute Gasteiger partial charge is 0.476 e. The van der Waals surface area contributed by atoms with Crippen LogP contribution in [0.1, 0.15) is 54.1 Å². The highest BCUT2D eigenvalue weighted by Gasteiger charge is 2.30. The zero-order valence-electron chi connectivity index (χ0n) is 12.3. The monoisotopic (exact) mass is 315 g/mol. The number of hydrogen-bond acceptors (Lipinski definition) is 4. The number of imidazole rings is 1. The van der Waals surface area contributed by atoms with Crippen LogP contribution in [0.4, 0.5) is 0 Å². The molecule has 1 fully saturated rings. The number of H-pyrrole nitrogens is 1. The summed E-state index contributed by atoms with van der Waals surface area (Å²) in [5, 5.41) is 9.02. The lowest BCUT2D eigenvalue weighted by molar-refractivity contribution is 0.0690. The fourth-order valence-corrected chi connectivity index (χ4v) is 4.22. The van der Waals surface area contributed by atoms with E-state index in [2.05, 4.69) is 9.97 Å². The molecule has 0 aliphatic carbocycles. The lowest BCUT2D eigenvalue weighted by atomic mass is 9.97. The highest BCUT2D eigenvalue weighted by atomic mass is 32.2. The maximum Gasteiger partial charge on any atom is 0.356 e. The van der Waals surface area contributed by atoms with Gasteiger partial charge in [0.15, 0.2) is 5.69 Å². The molecule has 8 heteroatoms. The van der Waals surface area contributed by atoms with Gasteiger partial charge in [-0.2, -0.15) is 0 Å². The topological polar surface area (TPSA) is 103 Å². The predicted molar refractivity (Wildman–Crippen MR) is 77.9 cm³/mol. The Bertz CT molecular complexity index is 615. The molecular formula is C13H21N3O4S. The van der Waals surface area contributed by atoms with Crippen LogP contribution in [0.3, 0.4) is 0 Å². The molecule has 2 rings (SSSR count). The number of nitrogens with one attached hydrogen (secondary N) is 1. The molecule has 1 saturated heterocycles. The number of piperidine rings is 1. The molecule has 2 N–H and O–H groups in total. The molecule has 0 aromatic carbocycles. The predicted octanol–water partition coefficient (Wildman–Crippen LogP) is 1.34. The van der Waals surface area contributed by atoms with Gasteiger partial charge in [-0.15, -0.1) is 0 Å². The van der Waals surface area contributed by atoms with Crippen LogP contribution < -0.4 is 0 Å². The van der Waals surface area contributed by atoms with Gasteiger partial charge in [0.05, 0.1) is 5.75 Å². The van der Waals surface area contributed by atoms with Crippen molar-refractivity contribution < 1.29 is 18.3 Å². The van der Waals surface area contributed by atoms with E-state index in [1.165, 1.54) is 4.31 Å². The summed E-state index contributed by atoms with van der Waals surface area (Å²) in [6.45, 7) is 4.47. The molecule has 0 atom stereocenters. The molecule has 1 aliphatic rings. The Hall–Kier alpha value is -1.41. The Morgan fingerprint density at radius 2 is 2.05 bits per heavy atom. The van der Waals surface area contributed by atoms with E-state index in [0.29, 0.717) is 43.9 Å². The highest BCUT2D eigenvalue weighted by Crippen LogP contribution is 2.28. The van der Waals surface area contributed by atoms with E-state index in [0.717, 1.165) is 0 Å². The first kappa shape index (κ1) is 16.0. The SMILES string of the molecule is CCCS(=O)(=O)N1CCC(c2nc(C(=O)O)c(C)[nH]2)CC1. The number of rotatable bonds is 5. The van der Waals surface area contributed by atoms with Gasteiger partial charge in [0.2, 0.25) is 10.0 Å². The fraction of sp³-hybridized carbons (Fsp3) is 0.692. The first-order chi connectivity index (χ1) is 9.85. The van der Waals surface area contributed by atoms with Crippen molar-refractivity contribution in [1.82, 2.24) is 14.3 Å². The first-order valence-electron chi connectivity index (χ1n) is 7.12. The van der Waals surface area contributed by atoms with Crippen LogP contribution in [0.2, 0.25) is 0 Å². The van der Waals surface area contributed by atoms with Crippen LogP contribution in [-0.2, 0) is 10.0 Å². The molecule has 1 aromatic rings. The van der Waals surface area contributed by atoms with Crippen LogP contribution in [0.5, 0.6) is 0 Å². The number of aryl methyl sites for hydroxylation is 1. The molecule has 118 valence electrons. The second-order valence-corrected chi connectivity index (χ2v) is 7.48. The third-order valence-corrected chi connectivity index (χ3v) is 5.88. The Morgan fingerprint density at radius 1 is 1.43 bits per heavy atom. The lowest BCUT2D eigenvalue weighted by Crippen LogP contribution is -2.39. The summed E-state index contributed by atoms with van der Waals surface area (Å²) < 4.78 is 25.5. The molecule has 0 saturated carbocycles. The molecule has 7 nitrogen and oxygen atoms in total. The molecule has 0 unspecified atom stereocenters. The Kier molecular flexibility index (Phi) is 4.67. The minimum Gasteiger partial charge on any atom is -0.476 e. The normalized spacial score (nSPS) is 18.0. The molecule has 1 aromatic heterocycles. The molecule has 0 bridgehead atoms. The number of sulfonamides is 1. The summed E-state index contributed by atoms with van der Waals surface area (Å²) in [4.78, 5) is 18.2. The van der Waals surface area contributed by atoms with Crippen molar-refractivity contribution >= 4 is 16.0 Å². The van der Waals surface area contributed by atoms with Gasteiger partial charge in [0, 0.05) is 24.7 Å². The van der Waals surface area contributed by atoms with Gasteiger partial charge in [-0.25, -0.2) is 22.5 Å². The molecular weight excluding hydrogens is 294 g/mol. The zero-order valence-corrected chi connectivity index (χ0v) is 13.1. The van der Waals surface area contributed by atoms with Crippen LogP contribution in [0, 0.1) is 6.92 Å². The van der Waals surface area contributed by atoms with Crippen molar-refractivity contribution in [1.29, 1.82) is 0 Å². The van der Waals surface area contributed by atoms with Gasteiger partial charge in [-0.1, -0.05) is 6.92 Å². The van der Waals surface area contributed by atoms with Crippen LogP contribution in [0.25, 0.3) is 0 Å². The van der Waals surface area contributed by atoms with Crippen molar-refractivity contribution in [3.63, 3.8) is 0 Å². The molecule has 2 heterocycles. The van der Waals surface area contributed by atoms with Gasteiger partial charge in [0.25, 0.3) is 0 Å². The number of aromatic nitrogens is 2. The number of carboxylic acids is 1. The van der Waals surface area contributed by atoms with E-state index in [4.69, 9.17) is 5.11 Å². The second kappa shape index (κ2) is 6.15. The maximum absolute atomic E-state index is 12.0. The van der Waals surface area contributed by atoms with E-state index in [1.807, 2.05) is 6.92 Å². The Balaban J connectivity index is 2.04. The molecule has 0 amide bonds. The minimum atomic E-state index is -3.15. The number of hydrogen-bond donors (Lipinski definition) is 2. The molecule has 21 heavy (non-hydrogen) atoms. The van der Waals surface area contributed by atoms with Crippen molar-refractivity contribution in [2.75, 3.05) is 18.8 Å². The van der Waals surface area contributed by atoms with Crippen LogP contribution in [-0.4, -0.2) is 52.6 Å². The fourth-order valence-electron chi connectivity index (χ4n) is 2.68. The van der Waals surface area contributed by atoms with E-state index in [9.17, 15) is 13.2 Å². The number of carboxylic acid groups (broad SMARTS) is 1. The number of carbonyl (C=O) groups is 1. The summed E-state index contributed by atoms with van der Waals surface area (Å²) in [5.74, 6) is -0.124. The van der Waals surface area contributed by atoms with E-state index in [-0.39, 0.29) is 17.4 Å². The quantitative estimate of drug-likeness (QED) is 0.853. The van der Waals surface area contributed by atoms with Crippen molar-refractivity contribution in [3.05, 3.63) is 17.2 Å². The summed E-state index contributed by atoms with van der Waals surface area (Å²) in [6.07, 6.45) is 1.94. The van der Waals surface area contributed by atoms with Crippen molar-refractivity contribution in [2.24, 2.45) is 0 Å². The third kappa shape index (κ3) is 3.44. The standard InChI is InChI=1S/C13H21N3O4S/c1-3-8-21(19,20)16-6-4-10(5-7-16)12-14-9(2)11(15-12)13(17)18/h10H,3-8H2,1-2H3,(H,14,15)(H,17,18).